The molecule has 8 heteroatoms. The molecule has 0 saturated carbocycles. The number of carbonyl (C=O) groups excluding carboxylic acids is 2. The van der Waals surface area contributed by atoms with Gasteiger partial charge in [0.2, 0.25) is 0 Å². The molecule has 2 unspecified atom stereocenters. The summed E-state index contributed by atoms with van der Waals surface area (Å²) in [6.07, 6.45) is 16.7. The minimum absolute atomic E-state index is 0.0512. The number of unbranched alkanes of at least 4 members (excludes halogenated alkanes) is 12. The number of carboxylic acids is 1. The van der Waals surface area contributed by atoms with E-state index in [-0.39, 0.29) is 36.2 Å². The number of aliphatic carboxylic acids is 1. The molecule has 2 atom stereocenters. The molecule has 224 valence electrons. The summed E-state index contributed by atoms with van der Waals surface area (Å²) in [5.74, 6) is -1.51. The van der Waals surface area contributed by atoms with Crippen molar-refractivity contribution in [2.75, 3.05) is 41.0 Å². The Morgan fingerprint density at radius 2 is 1.18 bits per heavy atom. The maximum absolute atomic E-state index is 12.4. The minimum atomic E-state index is -0.878. The average molecular weight is 545 g/mol. The van der Waals surface area contributed by atoms with Crippen molar-refractivity contribution in [1.82, 2.24) is 0 Å². The molecule has 0 rings (SSSR count). The lowest BCUT2D eigenvalue weighted by atomic mass is 10.0. The van der Waals surface area contributed by atoms with E-state index in [0.29, 0.717) is 19.3 Å². The van der Waals surface area contributed by atoms with Crippen molar-refractivity contribution in [3.8, 4) is 0 Å². The van der Waals surface area contributed by atoms with Crippen molar-refractivity contribution >= 4 is 17.9 Å². The average Bonchev–Trinajstić information content (AvgIpc) is 2.85. The van der Waals surface area contributed by atoms with Crippen molar-refractivity contribution in [3.63, 3.8) is 0 Å². The third-order valence-corrected chi connectivity index (χ3v) is 6.76. The predicted octanol–water partition coefficient (Wildman–Crippen LogP) is 6.29. The first kappa shape index (κ1) is 36.3. The molecule has 0 radical (unpaired) electrons. The Bertz CT molecular complexity index is 618. The predicted molar refractivity (Wildman–Crippen MR) is 151 cm³/mol. The molecule has 0 aromatic heterocycles. The second-order valence-electron chi connectivity index (χ2n) is 11.4. The molecule has 0 amide bonds. The van der Waals surface area contributed by atoms with Gasteiger partial charge in [-0.1, -0.05) is 90.9 Å². The van der Waals surface area contributed by atoms with Crippen molar-refractivity contribution in [2.45, 2.75) is 135 Å². The standard InChI is InChI=1S/C30H57NO7/c1-6-8-10-11-12-13-14-15-16-17-18-19-21-29(33)38-26(25-37-28(32)20-9-7-2)24-36-23-22-27(30(34)35)31(3,4)5/h26-27H,6-25H2,1-5H3/p+1. The van der Waals surface area contributed by atoms with Crippen LogP contribution in [0.3, 0.4) is 0 Å². The van der Waals surface area contributed by atoms with Crippen LogP contribution in [0.15, 0.2) is 0 Å². The normalized spacial score (nSPS) is 13.2. The molecule has 0 aromatic rings. The number of nitrogens with zero attached hydrogens (tertiary/aromatic N) is 1. The van der Waals surface area contributed by atoms with Crippen LogP contribution in [0.1, 0.15) is 123 Å². The van der Waals surface area contributed by atoms with Gasteiger partial charge in [0, 0.05) is 19.3 Å². The molecule has 0 bridgehead atoms. The Hall–Kier alpha value is -1.67. The second kappa shape index (κ2) is 23.2. The number of likely N-dealkylation sites (N-methyl/N-ethyl adjacent to an activating group) is 1. The fraction of sp³-hybridized carbons (Fsp3) is 0.900. The summed E-state index contributed by atoms with van der Waals surface area (Å²) < 4.78 is 16.8. The summed E-state index contributed by atoms with van der Waals surface area (Å²) >= 11 is 0. The first-order valence-corrected chi connectivity index (χ1v) is 15.1. The van der Waals surface area contributed by atoms with Crippen LogP contribution >= 0.6 is 0 Å². The van der Waals surface area contributed by atoms with Crippen molar-refractivity contribution < 1.29 is 38.2 Å². The van der Waals surface area contributed by atoms with Crippen LogP contribution in [-0.2, 0) is 28.6 Å². The topological polar surface area (TPSA) is 99.1 Å². The van der Waals surface area contributed by atoms with E-state index in [0.717, 1.165) is 32.1 Å². The zero-order chi connectivity index (χ0) is 28.7. The van der Waals surface area contributed by atoms with Crippen molar-refractivity contribution in [2.24, 2.45) is 0 Å². The van der Waals surface area contributed by atoms with Crippen molar-refractivity contribution in [1.29, 1.82) is 0 Å². The van der Waals surface area contributed by atoms with Gasteiger partial charge >= 0.3 is 17.9 Å². The van der Waals surface area contributed by atoms with E-state index in [1.54, 1.807) is 0 Å². The molecule has 0 fully saturated rings. The van der Waals surface area contributed by atoms with Crippen LogP contribution in [-0.4, -0.2) is 80.6 Å². The summed E-state index contributed by atoms with van der Waals surface area (Å²) in [6, 6.07) is -0.603. The Labute approximate surface area is 232 Å². The van der Waals surface area contributed by atoms with Gasteiger partial charge in [-0.3, -0.25) is 9.59 Å². The van der Waals surface area contributed by atoms with Gasteiger partial charge < -0.3 is 23.8 Å². The molecule has 38 heavy (non-hydrogen) atoms. The van der Waals surface area contributed by atoms with Crippen molar-refractivity contribution in [3.05, 3.63) is 0 Å². The number of hydrogen-bond donors (Lipinski definition) is 1. The third-order valence-electron chi connectivity index (χ3n) is 6.76. The fourth-order valence-corrected chi connectivity index (χ4v) is 4.30. The van der Waals surface area contributed by atoms with Gasteiger partial charge in [-0.05, 0) is 12.8 Å². The highest BCUT2D eigenvalue weighted by Gasteiger charge is 2.31. The highest BCUT2D eigenvalue weighted by Crippen LogP contribution is 2.13. The summed E-state index contributed by atoms with van der Waals surface area (Å²) in [5.41, 5.74) is 0. The molecular weight excluding hydrogens is 486 g/mol. The van der Waals surface area contributed by atoms with E-state index in [1.807, 2.05) is 28.1 Å². The van der Waals surface area contributed by atoms with Gasteiger partial charge in [0.15, 0.2) is 12.1 Å². The Morgan fingerprint density at radius 3 is 1.68 bits per heavy atom. The van der Waals surface area contributed by atoms with E-state index in [9.17, 15) is 19.5 Å². The Balaban J connectivity index is 4.31. The number of esters is 2. The Kier molecular flexibility index (Phi) is 22.2. The van der Waals surface area contributed by atoms with E-state index >= 15 is 0 Å². The molecule has 0 saturated heterocycles. The molecule has 0 aliphatic rings. The SMILES string of the molecule is CCCCCCCCCCCCCCC(=O)OC(COCCC(C(=O)O)[N+](C)(C)C)COC(=O)CCCC. The van der Waals surface area contributed by atoms with Gasteiger partial charge in [-0.2, -0.15) is 0 Å². The molecule has 1 N–H and O–H groups in total. The molecule has 0 aliphatic carbocycles. The number of hydrogen-bond acceptors (Lipinski definition) is 6. The zero-order valence-electron chi connectivity index (χ0n) is 25.1. The van der Waals surface area contributed by atoms with Crippen LogP contribution in [0, 0.1) is 0 Å². The lowest BCUT2D eigenvalue weighted by molar-refractivity contribution is -0.887. The fourth-order valence-electron chi connectivity index (χ4n) is 4.30. The number of ether oxygens (including phenoxy) is 3. The number of carbonyl (C=O) groups is 3. The summed E-state index contributed by atoms with van der Waals surface area (Å²) in [6.45, 7) is 4.47. The molecule has 0 spiro atoms. The number of carboxylic acid groups (broad SMARTS) is 1. The lowest BCUT2D eigenvalue weighted by Gasteiger charge is -2.31. The van der Waals surface area contributed by atoms with Crippen LogP contribution < -0.4 is 0 Å². The monoisotopic (exact) mass is 544 g/mol. The van der Waals surface area contributed by atoms with E-state index in [2.05, 4.69) is 6.92 Å². The minimum Gasteiger partial charge on any atom is -0.477 e. The van der Waals surface area contributed by atoms with Gasteiger partial charge in [-0.15, -0.1) is 0 Å². The van der Waals surface area contributed by atoms with Gasteiger partial charge in [0.25, 0.3) is 0 Å². The van der Waals surface area contributed by atoms with Gasteiger partial charge in [0.1, 0.15) is 6.61 Å². The number of quaternary nitrogens is 1. The molecular formula is C30H58NO7+. The number of rotatable bonds is 26. The molecule has 0 aliphatic heterocycles. The van der Waals surface area contributed by atoms with Crippen LogP contribution in [0.4, 0.5) is 0 Å². The van der Waals surface area contributed by atoms with Crippen LogP contribution in [0.25, 0.3) is 0 Å². The molecule has 0 aromatic carbocycles. The quantitative estimate of drug-likeness (QED) is 0.0776. The smallest absolute Gasteiger partial charge is 0.362 e. The van der Waals surface area contributed by atoms with E-state index in [1.165, 1.54) is 57.8 Å². The first-order chi connectivity index (χ1) is 18.1. The summed E-state index contributed by atoms with van der Waals surface area (Å²) in [7, 11) is 5.48. The zero-order valence-corrected chi connectivity index (χ0v) is 25.1. The van der Waals surface area contributed by atoms with Gasteiger partial charge in [-0.25, -0.2) is 4.79 Å². The molecule has 0 heterocycles. The first-order valence-electron chi connectivity index (χ1n) is 15.1. The third kappa shape index (κ3) is 21.3. The van der Waals surface area contributed by atoms with E-state index in [4.69, 9.17) is 14.2 Å². The van der Waals surface area contributed by atoms with Crippen LogP contribution in [0.5, 0.6) is 0 Å². The lowest BCUT2D eigenvalue weighted by Crippen LogP contribution is -2.50. The molecule has 8 nitrogen and oxygen atoms in total. The van der Waals surface area contributed by atoms with Gasteiger partial charge in [0.05, 0.1) is 34.4 Å². The second-order valence-corrected chi connectivity index (χ2v) is 11.4. The summed E-state index contributed by atoms with van der Waals surface area (Å²) in [5, 5.41) is 9.47. The summed E-state index contributed by atoms with van der Waals surface area (Å²) in [4.78, 5) is 35.9. The highest BCUT2D eigenvalue weighted by atomic mass is 16.6. The maximum atomic E-state index is 12.4. The highest BCUT2D eigenvalue weighted by molar-refractivity contribution is 5.72. The van der Waals surface area contributed by atoms with E-state index < -0.39 is 18.1 Å². The Morgan fingerprint density at radius 1 is 0.684 bits per heavy atom. The van der Waals surface area contributed by atoms with Crippen LogP contribution in [0.2, 0.25) is 0 Å². The maximum Gasteiger partial charge on any atom is 0.362 e. The largest absolute Gasteiger partial charge is 0.477 e.